The fourth-order valence-corrected chi connectivity index (χ4v) is 2.98. The minimum Gasteiger partial charge on any atom is -0.466 e. The van der Waals surface area contributed by atoms with Gasteiger partial charge >= 0.3 is 12.1 Å². The molecular formula is C24H35N3O6. The second-order valence-corrected chi connectivity index (χ2v) is 8.35. The summed E-state index contributed by atoms with van der Waals surface area (Å²) >= 11 is 0. The first-order valence-electron chi connectivity index (χ1n) is 10.9. The van der Waals surface area contributed by atoms with E-state index in [9.17, 15) is 19.2 Å². The topological polar surface area (TPSA) is 114 Å². The molecule has 0 saturated heterocycles. The molecule has 1 atom stereocenters. The van der Waals surface area contributed by atoms with E-state index in [0.717, 1.165) is 5.56 Å². The van der Waals surface area contributed by atoms with Gasteiger partial charge in [0.2, 0.25) is 11.8 Å². The number of nitrogens with zero attached hydrogens (tertiary/aromatic N) is 1. The first kappa shape index (κ1) is 27.7. The fourth-order valence-electron chi connectivity index (χ4n) is 2.98. The Morgan fingerprint density at radius 2 is 1.88 bits per heavy atom. The highest BCUT2D eigenvalue weighted by Crippen LogP contribution is 2.22. The molecule has 9 nitrogen and oxygen atoms in total. The predicted molar refractivity (Wildman–Crippen MR) is 124 cm³/mol. The average Bonchev–Trinajstić information content (AvgIpc) is 2.70. The third kappa shape index (κ3) is 10.2. The molecule has 0 saturated carbocycles. The number of rotatable bonds is 11. The summed E-state index contributed by atoms with van der Waals surface area (Å²) in [6.07, 6.45) is 0.774. The average molecular weight is 462 g/mol. The Morgan fingerprint density at radius 3 is 2.45 bits per heavy atom. The molecule has 1 rings (SSSR count). The molecule has 182 valence electrons. The van der Waals surface area contributed by atoms with Crippen molar-refractivity contribution in [3.63, 3.8) is 0 Å². The van der Waals surface area contributed by atoms with E-state index in [0.29, 0.717) is 5.56 Å². The summed E-state index contributed by atoms with van der Waals surface area (Å²) in [5.41, 5.74) is 0.794. The van der Waals surface area contributed by atoms with Gasteiger partial charge in [0.1, 0.15) is 18.2 Å². The number of esters is 1. The summed E-state index contributed by atoms with van der Waals surface area (Å²) < 4.78 is 10.0. The summed E-state index contributed by atoms with van der Waals surface area (Å²) in [4.78, 5) is 51.1. The molecule has 0 aliphatic carbocycles. The van der Waals surface area contributed by atoms with E-state index in [1.807, 2.05) is 13.0 Å². The molecule has 1 aromatic carbocycles. The summed E-state index contributed by atoms with van der Waals surface area (Å²) in [7, 11) is 0. The zero-order chi connectivity index (χ0) is 25.0. The lowest BCUT2D eigenvalue weighted by molar-refractivity contribution is -0.143. The van der Waals surface area contributed by atoms with Crippen molar-refractivity contribution in [3.8, 4) is 0 Å². The Kier molecular flexibility index (Phi) is 11.1. The number of hydrogen-bond acceptors (Lipinski definition) is 6. The van der Waals surface area contributed by atoms with Crippen LogP contribution in [0.15, 0.2) is 36.9 Å². The zero-order valence-corrected chi connectivity index (χ0v) is 20.1. The molecule has 0 bridgehead atoms. The van der Waals surface area contributed by atoms with Crippen molar-refractivity contribution in [1.29, 1.82) is 0 Å². The van der Waals surface area contributed by atoms with Gasteiger partial charge < -0.3 is 25.0 Å². The smallest absolute Gasteiger partial charge is 0.408 e. The number of benzene rings is 1. The van der Waals surface area contributed by atoms with Crippen LogP contribution in [0.3, 0.4) is 0 Å². The number of aryl methyl sites for hydroxylation is 1. The fraction of sp³-hybridized carbons (Fsp3) is 0.500. The number of alkyl carbamates (subject to hydrolysis) is 1. The Labute approximate surface area is 195 Å². The van der Waals surface area contributed by atoms with Crippen LogP contribution >= 0.6 is 0 Å². The standard InChI is InChI=1S/C24H35N3O6/c1-7-14-27(19(28)16-26-23(31)33-24(4,5)6)21(18-11-9-10-17(3)15-18)22(30)25-13-12-20(29)32-8-2/h7,9-11,15,21H,1,8,12-14,16H2,2-6H3,(H,25,30)(H,26,31). The van der Waals surface area contributed by atoms with E-state index in [4.69, 9.17) is 9.47 Å². The van der Waals surface area contributed by atoms with Gasteiger partial charge in [-0.2, -0.15) is 0 Å². The molecule has 9 heteroatoms. The number of carbonyl (C=O) groups is 4. The normalized spacial score (nSPS) is 11.7. The molecule has 0 aliphatic heterocycles. The Bertz CT molecular complexity index is 847. The highest BCUT2D eigenvalue weighted by atomic mass is 16.6. The molecule has 2 N–H and O–H groups in total. The van der Waals surface area contributed by atoms with Crippen LogP contribution < -0.4 is 10.6 Å². The Hall–Kier alpha value is -3.36. The third-order valence-corrected chi connectivity index (χ3v) is 4.28. The van der Waals surface area contributed by atoms with Gasteiger partial charge in [0, 0.05) is 13.1 Å². The lowest BCUT2D eigenvalue weighted by atomic mass is 10.0. The number of nitrogens with one attached hydrogen (secondary N) is 2. The monoisotopic (exact) mass is 461 g/mol. The first-order valence-corrected chi connectivity index (χ1v) is 10.9. The van der Waals surface area contributed by atoms with E-state index in [1.54, 1.807) is 45.9 Å². The number of carbonyl (C=O) groups excluding carboxylic acids is 4. The van der Waals surface area contributed by atoms with Gasteiger partial charge in [0.05, 0.1) is 13.0 Å². The van der Waals surface area contributed by atoms with Crippen molar-refractivity contribution < 1.29 is 28.7 Å². The van der Waals surface area contributed by atoms with Crippen LogP contribution in [0.4, 0.5) is 4.79 Å². The maximum absolute atomic E-state index is 13.1. The molecule has 0 heterocycles. The van der Waals surface area contributed by atoms with Gasteiger partial charge in [-0.1, -0.05) is 35.9 Å². The van der Waals surface area contributed by atoms with Crippen molar-refractivity contribution in [2.24, 2.45) is 0 Å². The summed E-state index contributed by atoms with van der Waals surface area (Å²) in [5.74, 6) is -1.38. The molecule has 0 aromatic heterocycles. The lowest BCUT2D eigenvalue weighted by Gasteiger charge is -2.31. The number of amides is 3. The van der Waals surface area contributed by atoms with E-state index in [2.05, 4.69) is 17.2 Å². The largest absolute Gasteiger partial charge is 0.466 e. The van der Waals surface area contributed by atoms with Crippen LogP contribution in [-0.4, -0.2) is 60.6 Å². The minimum atomic E-state index is -0.988. The van der Waals surface area contributed by atoms with Gasteiger partial charge in [-0.25, -0.2) is 4.79 Å². The van der Waals surface area contributed by atoms with E-state index < -0.39 is 35.5 Å². The van der Waals surface area contributed by atoms with Crippen molar-refractivity contribution in [1.82, 2.24) is 15.5 Å². The molecular weight excluding hydrogens is 426 g/mol. The van der Waals surface area contributed by atoms with Gasteiger partial charge in [-0.3, -0.25) is 14.4 Å². The zero-order valence-electron chi connectivity index (χ0n) is 20.1. The molecule has 1 aromatic rings. The van der Waals surface area contributed by atoms with Crippen LogP contribution in [-0.2, 0) is 23.9 Å². The first-order chi connectivity index (χ1) is 15.5. The van der Waals surface area contributed by atoms with Gasteiger partial charge in [-0.05, 0) is 40.2 Å². The lowest BCUT2D eigenvalue weighted by Crippen LogP contribution is -2.48. The third-order valence-electron chi connectivity index (χ3n) is 4.28. The summed E-state index contributed by atoms with van der Waals surface area (Å²) in [6.45, 7) is 12.4. The van der Waals surface area contributed by atoms with Gasteiger partial charge in [0.15, 0.2) is 0 Å². The van der Waals surface area contributed by atoms with Crippen molar-refractivity contribution in [2.45, 2.75) is 52.7 Å². The molecule has 0 aliphatic rings. The SMILES string of the molecule is C=CCN(C(=O)CNC(=O)OC(C)(C)C)C(C(=O)NCCC(=O)OCC)c1cccc(C)c1. The summed E-state index contributed by atoms with van der Waals surface area (Å²) in [5, 5.41) is 5.13. The number of ether oxygens (including phenoxy) is 2. The van der Waals surface area contributed by atoms with Gasteiger partial charge in [0.25, 0.3) is 0 Å². The Morgan fingerprint density at radius 1 is 1.18 bits per heavy atom. The minimum absolute atomic E-state index is 0.00964. The highest BCUT2D eigenvalue weighted by Gasteiger charge is 2.31. The second kappa shape index (κ2) is 13.2. The number of hydrogen-bond donors (Lipinski definition) is 2. The molecule has 0 fully saturated rings. The maximum Gasteiger partial charge on any atom is 0.408 e. The Balaban J connectivity index is 3.06. The molecule has 3 amide bonds. The summed E-state index contributed by atoms with van der Waals surface area (Å²) in [6, 6.07) is 6.23. The van der Waals surface area contributed by atoms with E-state index in [1.165, 1.54) is 11.0 Å². The second-order valence-electron chi connectivity index (χ2n) is 8.35. The van der Waals surface area contributed by atoms with Crippen LogP contribution in [0.25, 0.3) is 0 Å². The van der Waals surface area contributed by atoms with Crippen LogP contribution in [0.1, 0.15) is 51.3 Å². The maximum atomic E-state index is 13.1. The quantitative estimate of drug-likeness (QED) is 0.387. The highest BCUT2D eigenvalue weighted by molar-refractivity contribution is 5.90. The molecule has 0 spiro atoms. The molecule has 33 heavy (non-hydrogen) atoms. The van der Waals surface area contributed by atoms with Crippen molar-refractivity contribution in [2.75, 3.05) is 26.2 Å². The molecule has 1 unspecified atom stereocenters. The molecule has 0 radical (unpaired) electrons. The van der Waals surface area contributed by atoms with Crippen LogP contribution in [0.5, 0.6) is 0 Å². The predicted octanol–water partition coefficient (Wildman–Crippen LogP) is 2.64. The van der Waals surface area contributed by atoms with Gasteiger partial charge in [-0.15, -0.1) is 6.58 Å². The van der Waals surface area contributed by atoms with E-state index >= 15 is 0 Å². The van der Waals surface area contributed by atoms with E-state index in [-0.39, 0.29) is 32.7 Å². The van der Waals surface area contributed by atoms with Crippen LogP contribution in [0.2, 0.25) is 0 Å². The van der Waals surface area contributed by atoms with Crippen LogP contribution in [0, 0.1) is 6.92 Å². The van der Waals surface area contributed by atoms with Crippen molar-refractivity contribution >= 4 is 23.9 Å². The van der Waals surface area contributed by atoms with Crippen molar-refractivity contribution in [3.05, 3.63) is 48.0 Å².